The van der Waals surface area contributed by atoms with Crippen LogP contribution < -0.4 is 0 Å². The highest BCUT2D eigenvalue weighted by molar-refractivity contribution is 8.13. The Morgan fingerprint density at radius 1 is 1.61 bits per heavy atom. The number of rotatable bonds is 5. The number of carbonyl (C=O) groups is 2. The summed E-state index contributed by atoms with van der Waals surface area (Å²) in [6.07, 6.45) is 2.97. The number of nitrogens with zero attached hydrogens (tertiary/aromatic N) is 1. The number of carbonyl (C=O) groups excluding carboxylic acids is 2. The van der Waals surface area contributed by atoms with Crippen LogP contribution in [0.15, 0.2) is 22.8 Å². The van der Waals surface area contributed by atoms with Gasteiger partial charge in [-0.05, 0) is 18.1 Å². The Labute approximate surface area is 111 Å². The van der Waals surface area contributed by atoms with Crippen LogP contribution in [0.25, 0.3) is 0 Å². The molecule has 1 aromatic rings. The van der Waals surface area contributed by atoms with E-state index in [9.17, 15) is 9.59 Å². The molecule has 1 fully saturated rings. The van der Waals surface area contributed by atoms with Crippen LogP contribution in [-0.4, -0.2) is 34.8 Å². The first-order valence-electron chi connectivity index (χ1n) is 6.08. The van der Waals surface area contributed by atoms with E-state index in [4.69, 9.17) is 4.42 Å². The van der Waals surface area contributed by atoms with E-state index >= 15 is 0 Å². The molecule has 0 aromatic carbocycles. The fourth-order valence-corrected chi connectivity index (χ4v) is 2.81. The molecule has 1 amide bonds. The Kier molecular flexibility index (Phi) is 4.47. The quantitative estimate of drug-likeness (QED) is 0.818. The van der Waals surface area contributed by atoms with Crippen LogP contribution in [0.4, 0.5) is 0 Å². The van der Waals surface area contributed by atoms with Gasteiger partial charge in [-0.3, -0.25) is 9.59 Å². The Bertz CT molecular complexity index is 416. The highest BCUT2D eigenvalue weighted by atomic mass is 32.2. The smallest absolute Gasteiger partial charge is 0.222 e. The Balaban J connectivity index is 1.76. The molecule has 4 nitrogen and oxygen atoms in total. The molecule has 0 spiro atoms. The maximum absolute atomic E-state index is 11.8. The van der Waals surface area contributed by atoms with Crippen LogP contribution in [0, 0.1) is 5.92 Å². The third kappa shape index (κ3) is 3.63. The lowest BCUT2D eigenvalue weighted by atomic mass is 10.1. The minimum atomic E-state index is 0.122. The molecule has 98 valence electrons. The van der Waals surface area contributed by atoms with Crippen molar-refractivity contribution in [2.24, 2.45) is 5.92 Å². The van der Waals surface area contributed by atoms with Crippen LogP contribution in [0.2, 0.25) is 0 Å². The second-order valence-corrected chi connectivity index (χ2v) is 5.74. The van der Waals surface area contributed by atoms with Crippen molar-refractivity contribution in [1.29, 1.82) is 0 Å². The Hall–Kier alpha value is -1.23. The molecule has 0 radical (unpaired) electrons. The number of amides is 1. The van der Waals surface area contributed by atoms with Crippen LogP contribution in [0.3, 0.4) is 0 Å². The molecule has 1 aromatic heterocycles. The predicted octanol–water partition coefficient (Wildman–Crippen LogP) is 1.95. The summed E-state index contributed by atoms with van der Waals surface area (Å²) in [5.74, 6) is 2.15. The molecule has 1 aliphatic heterocycles. The number of hydrogen-bond donors (Lipinski definition) is 0. The molecule has 0 N–H and O–H groups in total. The van der Waals surface area contributed by atoms with Gasteiger partial charge < -0.3 is 9.32 Å². The van der Waals surface area contributed by atoms with Crippen molar-refractivity contribution in [3.8, 4) is 0 Å². The molecule has 1 saturated heterocycles. The summed E-state index contributed by atoms with van der Waals surface area (Å²) in [5.41, 5.74) is 0. The molecular formula is C13H17NO3S. The number of thioether (sulfide) groups is 1. The molecule has 2 heterocycles. The van der Waals surface area contributed by atoms with Gasteiger partial charge in [-0.25, -0.2) is 0 Å². The zero-order valence-electron chi connectivity index (χ0n) is 10.4. The highest BCUT2D eigenvalue weighted by Crippen LogP contribution is 2.22. The summed E-state index contributed by atoms with van der Waals surface area (Å²) in [5, 5.41) is 0.122. The number of likely N-dealkylation sites (tertiary alicyclic amines) is 1. The number of hydrogen-bond acceptors (Lipinski definition) is 4. The molecule has 5 heteroatoms. The van der Waals surface area contributed by atoms with Crippen molar-refractivity contribution < 1.29 is 14.0 Å². The van der Waals surface area contributed by atoms with E-state index in [0.29, 0.717) is 18.9 Å². The molecular weight excluding hydrogens is 250 g/mol. The largest absolute Gasteiger partial charge is 0.469 e. The maximum Gasteiger partial charge on any atom is 0.222 e. The second kappa shape index (κ2) is 6.09. The van der Waals surface area contributed by atoms with Gasteiger partial charge in [0.25, 0.3) is 0 Å². The van der Waals surface area contributed by atoms with Crippen LogP contribution >= 0.6 is 11.8 Å². The minimum absolute atomic E-state index is 0.122. The predicted molar refractivity (Wildman–Crippen MR) is 70.2 cm³/mol. The van der Waals surface area contributed by atoms with Gasteiger partial charge in [-0.1, -0.05) is 11.8 Å². The van der Waals surface area contributed by atoms with Gasteiger partial charge in [-0.15, -0.1) is 0 Å². The highest BCUT2D eigenvalue weighted by Gasteiger charge is 2.29. The summed E-state index contributed by atoms with van der Waals surface area (Å²) < 4.78 is 5.25. The normalized spacial score (nSPS) is 19.5. The average molecular weight is 267 g/mol. The Morgan fingerprint density at radius 2 is 2.44 bits per heavy atom. The van der Waals surface area contributed by atoms with E-state index in [1.807, 2.05) is 17.0 Å². The summed E-state index contributed by atoms with van der Waals surface area (Å²) in [6.45, 7) is 3.03. The van der Waals surface area contributed by atoms with Gasteiger partial charge in [0.1, 0.15) is 5.76 Å². The van der Waals surface area contributed by atoms with Gasteiger partial charge in [0.2, 0.25) is 5.91 Å². The Morgan fingerprint density at radius 3 is 3.11 bits per heavy atom. The van der Waals surface area contributed by atoms with Gasteiger partial charge >= 0.3 is 0 Å². The molecule has 0 bridgehead atoms. The first-order chi connectivity index (χ1) is 8.65. The summed E-state index contributed by atoms with van der Waals surface area (Å²) >= 11 is 1.31. The zero-order valence-corrected chi connectivity index (χ0v) is 11.2. The summed E-state index contributed by atoms with van der Waals surface area (Å²) in [4.78, 5) is 24.6. The molecule has 0 aliphatic carbocycles. The van der Waals surface area contributed by atoms with Gasteiger partial charge in [-0.2, -0.15) is 0 Å². The van der Waals surface area contributed by atoms with Crippen molar-refractivity contribution in [3.63, 3.8) is 0 Å². The van der Waals surface area contributed by atoms with E-state index in [2.05, 4.69) is 0 Å². The average Bonchev–Trinajstić information content (AvgIpc) is 2.93. The fourth-order valence-electron chi connectivity index (χ4n) is 2.12. The summed E-state index contributed by atoms with van der Waals surface area (Å²) in [7, 11) is 0. The van der Waals surface area contributed by atoms with Crippen molar-refractivity contribution in [3.05, 3.63) is 24.2 Å². The molecule has 1 atom stereocenters. The topological polar surface area (TPSA) is 50.5 Å². The third-order valence-electron chi connectivity index (χ3n) is 3.03. The second-order valence-electron chi connectivity index (χ2n) is 4.54. The monoisotopic (exact) mass is 267 g/mol. The van der Waals surface area contributed by atoms with Crippen LogP contribution in [-0.2, 0) is 16.0 Å². The zero-order chi connectivity index (χ0) is 13.0. The minimum Gasteiger partial charge on any atom is -0.469 e. The lowest BCUT2D eigenvalue weighted by Gasteiger charge is -2.15. The third-order valence-corrected chi connectivity index (χ3v) is 4.07. The standard InChI is InChI=1S/C13H17NO3S/c1-10(15)18-9-11-7-13(16)14(8-11)5-4-12-3-2-6-17-12/h2-3,6,11H,4-5,7-9H2,1H3. The van der Waals surface area contributed by atoms with E-state index < -0.39 is 0 Å². The molecule has 0 saturated carbocycles. The lowest BCUT2D eigenvalue weighted by molar-refractivity contribution is -0.127. The van der Waals surface area contributed by atoms with Crippen molar-refractivity contribution in [1.82, 2.24) is 4.90 Å². The molecule has 18 heavy (non-hydrogen) atoms. The first kappa shape index (κ1) is 13.2. The molecule has 2 rings (SSSR count). The van der Waals surface area contributed by atoms with E-state index in [-0.39, 0.29) is 11.0 Å². The van der Waals surface area contributed by atoms with Crippen LogP contribution in [0.1, 0.15) is 19.1 Å². The fraction of sp³-hybridized carbons (Fsp3) is 0.538. The molecule has 1 aliphatic rings. The van der Waals surface area contributed by atoms with E-state index in [1.54, 1.807) is 13.2 Å². The lowest BCUT2D eigenvalue weighted by Crippen LogP contribution is -2.27. The summed E-state index contributed by atoms with van der Waals surface area (Å²) in [6, 6.07) is 3.77. The SMILES string of the molecule is CC(=O)SCC1CC(=O)N(CCc2ccco2)C1. The van der Waals surface area contributed by atoms with Crippen molar-refractivity contribution in [2.45, 2.75) is 19.8 Å². The first-order valence-corrected chi connectivity index (χ1v) is 7.07. The van der Waals surface area contributed by atoms with E-state index in [1.165, 1.54) is 11.8 Å². The van der Waals surface area contributed by atoms with Gasteiger partial charge in [0.05, 0.1) is 6.26 Å². The van der Waals surface area contributed by atoms with Crippen LogP contribution in [0.5, 0.6) is 0 Å². The number of furan rings is 1. The van der Waals surface area contributed by atoms with Crippen molar-refractivity contribution >= 4 is 22.8 Å². The molecule has 1 unspecified atom stereocenters. The van der Waals surface area contributed by atoms with Crippen molar-refractivity contribution in [2.75, 3.05) is 18.8 Å². The van der Waals surface area contributed by atoms with Gasteiger partial charge in [0.15, 0.2) is 5.12 Å². The van der Waals surface area contributed by atoms with Gasteiger partial charge in [0, 0.05) is 38.6 Å². The van der Waals surface area contributed by atoms with E-state index in [0.717, 1.165) is 24.5 Å². The maximum atomic E-state index is 11.8.